The second-order valence-corrected chi connectivity index (χ2v) is 7.08. The number of carbonyl (C=O) groups excluding carboxylic acids is 2. The van der Waals surface area contributed by atoms with Gasteiger partial charge in [0.15, 0.2) is 5.96 Å². The number of halogens is 1. The fourth-order valence-electron chi connectivity index (χ4n) is 2.91. The topological polar surface area (TPSA) is 79.0 Å². The van der Waals surface area contributed by atoms with Crippen molar-refractivity contribution < 1.29 is 9.59 Å². The predicted octanol–water partition coefficient (Wildman–Crippen LogP) is 2.04. The van der Waals surface area contributed by atoms with Gasteiger partial charge in [-0.05, 0) is 25.0 Å². The number of hydrogen-bond donors (Lipinski definition) is 1. The van der Waals surface area contributed by atoms with E-state index in [-0.39, 0.29) is 35.8 Å². The molecule has 2 N–H and O–H groups in total. The number of thioether (sulfide) groups is 1. The zero-order valence-electron chi connectivity index (χ0n) is 14.0. The number of nitrogens with zero attached hydrogens (tertiary/aromatic N) is 3. The minimum absolute atomic E-state index is 0. The van der Waals surface area contributed by atoms with E-state index in [1.54, 1.807) is 24.3 Å². The third-order valence-electron chi connectivity index (χ3n) is 4.28. The molecular formula is C17H23IN4O2S. The maximum absolute atomic E-state index is 12.2. The molecule has 2 amide bonds. The molecule has 0 radical (unpaired) electrons. The molecule has 0 bridgehead atoms. The van der Waals surface area contributed by atoms with Crippen LogP contribution in [0.4, 0.5) is 0 Å². The quantitative estimate of drug-likeness (QED) is 0.232. The molecule has 0 aliphatic carbocycles. The zero-order valence-corrected chi connectivity index (χ0v) is 17.2. The maximum Gasteiger partial charge on any atom is 0.261 e. The lowest BCUT2D eigenvalue weighted by Crippen LogP contribution is -2.42. The monoisotopic (exact) mass is 474 g/mol. The largest absolute Gasteiger partial charge is 0.370 e. The van der Waals surface area contributed by atoms with Crippen molar-refractivity contribution in [3.05, 3.63) is 35.4 Å². The maximum atomic E-state index is 12.2. The number of fused-ring (bicyclic) bond motifs is 1. The molecule has 6 nitrogen and oxygen atoms in total. The molecule has 8 heteroatoms. The average Bonchev–Trinajstić information content (AvgIpc) is 2.87. The molecule has 136 valence electrons. The first kappa shape index (κ1) is 20.0. The summed E-state index contributed by atoms with van der Waals surface area (Å²) in [5, 5.41) is 0. The van der Waals surface area contributed by atoms with Crippen LogP contribution < -0.4 is 5.73 Å². The van der Waals surface area contributed by atoms with Crippen molar-refractivity contribution in [1.29, 1.82) is 0 Å². The van der Waals surface area contributed by atoms with Crippen molar-refractivity contribution in [3.63, 3.8) is 0 Å². The van der Waals surface area contributed by atoms with E-state index in [9.17, 15) is 9.59 Å². The fourth-order valence-corrected chi connectivity index (χ4v) is 3.81. The highest BCUT2D eigenvalue weighted by Crippen LogP contribution is 2.22. The van der Waals surface area contributed by atoms with Gasteiger partial charge in [0.25, 0.3) is 11.8 Å². The fraction of sp³-hybridized carbons (Fsp3) is 0.471. The highest BCUT2D eigenvalue weighted by atomic mass is 127. The molecule has 2 aliphatic rings. The summed E-state index contributed by atoms with van der Waals surface area (Å²) >= 11 is 1.94. The molecule has 0 saturated carbocycles. The van der Waals surface area contributed by atoms with Gasteiger partial charge in [0.1, 0.15) is 0 Å². The van der Waals surface area contributed by atoms with Crippen LogP contribution in [0, 0.1) is 0 Å². The minimum Gasteiger partial charge on any atom is -0.370 e. The number of rotatable bonds is 5. The van der Waals surface area contributed by atoms with Gasteiger partial charge >= 0.3 is 0 Å². The van der Waals surface area contributed by atoms with Gasteiger partial charge in [0.05, 0.1) is 11.1 Å². The Kier molecular flexibility index (Phi) is 7.55. The van der Waals surface area contributed by atoms with Gasteiger partial charge < -0.3 is 10.6 Å². The van der Waals surface area contributed by atoms with Gasteiger partial charge in [-0.1, -0.05) is 12.1 Å². The Bertz CT molecular complexity index is 627. The predicted molar refractivity (Wildman–Crippen MR) is 112 cm³/mol. The Balaban J connectivity index is 0.00000225. The number of amides is 2. The Hall–Kier alpha value is -1.29. The van der Waals surface area contributed by atoms with Crippen LogP contribution in [0.3, 0.4) is 0 Å². The van der Waals surface area contributed by atoms with Crippen LogP contribution >= 0.6 is 35.7 Å². The summed E-state index contributed by atoms with van der Waals surface area (Å²) in [4.78, 5) is 32.3. The molecule has 0 atom stereocenters. The van der Waals surface area contributed by atoms with Crippen LogP contribution in [0.25, 0.3) is 0 Å². The lowest BCUT2D eigenvalue weighted by Gasteiger charge is -2.27. The number of carbonyl (C=O) groups is 2. The van der Waals surface area contributed by atoms with Gasteiger partial charge in [0, 0.05) is 37.7 Å². The van der Waals surface area contributed by atoms with Crippen molar-refractivity contribution in [2.75, 3.05) is 37.7 Å². The summed E-state index contributed by atoms with van der Waals surface area (Å²) < 4.78 is 0. The number of guanidine groups is 1. The number of hydrogen-bond acceptors (Lipinski definition) is 4. The summed E-state index contributed by atoms with van der Waals surface area (Å²) in [7, 11) is 0. The lowest BCUT2D eigenvalue weighted by atomic mass is 10.1. The smallest absolute Gasteiger partial charge is 0.261 e. The normalized spacial score (nSPS) is 17.5. The van der Waals surface area contributed by atoms with Crippen molar-refractivity contribution in [2.45, 2.75) is 12.8 Å². The summed E-state index contributed by atoms with van der Waals surface area (Å²) in [6.45, 7) is 2.96. The zero-order chi connectivity index (χ0) is 16.9. The SMILES string of the molecule is I.NC(=NCCCCN1C(=O)c2ccccc2C1=O)N1CCSCC1. The Morgan fingerprint density at radius 1 is 1.08 bits per heavy atom. The molecule has 0 spiro atoms. The van der Waals surface area contributed by atoms with Crippen molar-refractivity contribution in [1.82, 2.24) is 9.80 Å². The first-order valence-electron chi connectivity index (χ1n) is 8.26. The molecule has 0 aromatic heterocycles. The number of imide groups is 1. The van der Waals surface area contributed by atoms with E-state index >= 15 is 0 Å². The molecule has 1 fully saturated rings. The van der Waals surface area contributed by atoms with Crippen molar-refractivity contribution >= 4 is 53.5 Å². The van der Waals surface area contributed by atoms with E-state index in [0.717, 1.165) is 37.4 Å². The number of unbranched alkanes of at least 4 members (excludes halogenated alkanes) is 1. The standard InChI is InChI=1S/C17H22N4O2S.HI/c18-17(20-9-11-24-12-10-20)19-7-3-4-8-21-15(22)13-5-1-2-6-14(13)16(21)23;/h1-2,5-6H,3-4,7-12H2,(H2,18,19);1H. The molecule has 1 aromatic rings. The molecule has 1 aromatic carbocycles. The van der Waals surface area contributed by atoms with Gasteiger partial charge in [0.2, 0.25) is 0 Å². The molecule has 3 rings (SSSR count). The first-order chi connectivity index (χ1) is 11.7. The van der Waals surface area contributed by atoms with E-state index < -0.39 is 0 Å². The Morgan fingerprint density at radius 2 is 1.68 bits per heavy atom. The minimum atomic E-state index is -0.190. The third kappa shape index (κ3) is 4.66. The second-order valence-electron chi connectivity index (χ2n) is 5.85. The summed E-state index contributed by atoms with van der Waals surface area (Å²) in [6.07, 6.45) is 1.54. The molecule has 2 heterocycles. The summed E-state index contributed by atoms with van der Waals surface area (Å²) in [5.74, 6) is 2.41. The second kappa shape index (κ2) is 9.42. The van der Waals surface area contributed by atoms with Crippen LogP contribution in [0.5, 0.6) is 0 Å². The number of aliphatic imine (C=N–C) groups is 1. The summed E-state index contributed by atoms with van der Waals surface area (Å²) in [5.41, 5.74) is 7.02. The van der Waals surface area contributed by atoms with E-state index in [1.165, 1.54) is 4.90 Å². The first-order valence-corrected chi connectivity index (χ1v) is 9.42. The van der Waals surface area contributed by atoms with Gasteiger partial charge in [-0.3, -0.25) is 19.5 Å². The van der Waals surface area contributed by atoms with Crippen molar-refractivity contribution in [3.8, 4) is 0 Å². The van der Waals surface area contributed by atoms with E-state index in [4.69, 9.17) is 5.73 Å². The highest BCUT2D eigenvalue weighted by molar-refractivity contribution is 14.0. The van der Waals surface area contributed by atoms with Crippen molar-refractivity contribution in [2.24, 2.45) is 10.7 Å². The van der Waals surface area contributed by atoms with E-state index in [0.29, 0.717) is 30.2 Å². The van der Waals surface area contributed by atoms with Crippen LogP contribution in [0.1, 0.15) is 33.6 Å². The number of nitrogens with two attached hydrogens (primary N) is 1. The van der Waals surface area contributed by atoms with E-state index in [1.807, 2.05) is 11.8 Å². The molecule has 1 saturated heterocycles. The average molecular weight is 474 g/mol. The lowest BCUT2D eigenvalue weighted by molar-refractivity contribution is 0.0652. The van der Waals surface area contributed by atoms with Gasteiger partial charge in [-0.15, -0.1) is 24.0 Å². The molecule has 0 unspecified atom stereocenters. The van der Waals surface area contributed by atoms with Crippen LogP contribution in [-0.2, 0) is 0 Å². The van der Waals surface area contributed by atoms with Gasteiger partial charge in [-0.25, -0.2) is 0 Å². The Labute approximate surface area is 169 Å². The van der Waals surface area contributed by atoms with E-state index in [2.05, 4.69) is 9.89 Å². The van der Waals surface area contributed by atoms with Crippen LogP contribution in [0.15, 0.2) is 29.3 Å². The third-order valence-corrected chi connectivity index (χ3v) is 5.22. The Morgan fingerprint density at radius 3 is 2.28 bits per heavy atom. The molecule has 25 heavy (non-hydrogen) atoms. The number of benzene rings is 1. The summed E-state index contributed by atoms with van der Waals surface area (Å²) in [6, 6.07) is 6.98. The van der Waals surface area contributed by atoms with Crippen LogP contribution in [0.2, 0.25) is 0 Å². The van der Waals surface area contributed by atoms with Crippen LogP contribution in [-0.4, -0.2) is 65.3 Å². The highest BCUT2D eigenvalue weighted by Gasteiger charge is 2.34. The molecular weight excluding hydrogens is 451 g/mol. The molecule has 2 aliphatic heterocycles. The van der Waals surface area contributed by atoms with Gasteiger partial charge in [-0.2, -0.15) is 11.8 Å².